The van der Waals surface area contributed by atoms with E-state index in [1.807, 2.05) is 13.8 Å². The molecule has 2 aliphatic rings. The molecule has 4 rings (SSSR count). The number of rotatable bonds is 6. The molecule has 1 fully saturated rings. The molecule has 2 N–H and O–H groups in total. The fraction of sp³-hybridized carbons (Fsp3) is 0.565. The number of esters is 1. The van der Waals surface area contributed by atoms with Crippen molar-refractivity contribution in [1.82, 2.24) is 9.62 Å². The van der Waals surface area contributed by atoms with E-state index in [1.165, 1.54) is 27.8 Å². The number of halogens is 1. The molecule has 2 aliphatic heterocycles. The molecule has 0 aliphatic carbocycles. The fourth-order valence-corrected chi connectivity index (χ4v) is 9.61. The minimum absolute atomic E-state index is 0.107. The van der Waals surface area contributed by atoms with Crippen molar-refractivity contribution in [1.29, 1.82) is 0 Å². The maximum atomic E-state index is 13.4. The highest BCUT2D eigenvalue weighted by atomic mass is 35.5. The highest BCUT2D eigenvalue weighted by Crippen LogP contribution is 2.45. The molecule has 0 saturated carbocycles. The number of amides is 1. The number of nitrogens with zero attached hydrogens (tertiary/aromatic N) is 1. The van der Waals surface area contributed by atoms with E-state index in [2.05, 4.69) is 24.5 Å². The van der Waals surface area contributed by atoms with E-state index in [1.54, 1.807) is 6.92 Å². The van der Waals surface area contributed by atoms with Crippen molar-refractivity contribution in [3.63, 3.8) is 0 Å². The average Bonchev–Trinajstić information content (AvgIpc) is 3.45. The normalized spacial score (nSPS) is 21.5. The maximum Gasteiger partial charge on any atom is 0.341 e. The lowest BCUT2D eigenvalue weighted by molar-refractivity contribution is -0.119. The summed E-state index contributed by atoms with van der Waals surface area (Å²) in [6.45, 7) is 10.4. The van der Waals surface area contributed by atoms with Crippen LogP contribution in [0.4, 0.5) is 5.00 Å². The summed E-state index contributed by atoms with van der Waals surface area (Å²) in [5.74, 6) is -0.944. The van der Waals surface area contributed by atoms with Gasteiger partial charge < -0.3 is 15.4 Å². The number of anilines is 1. The van der Waals surface area contributed by atoms with Crippen LogP contribution in [0.25, 0.3) is 0 Å². The first-order chi connectivity index (χ1) is 16.3. The Morgan fingerprint density at radius 2 is 1.97 bits per heavy atom. The van der Waals surface area contributed by atoms with Gasteiger partial charge in [-0.05, 0) is 71.6 Å². The zero-order valence-electron chi connectivity index (χ0n) is 20.4. The number of hydrogen-bond acceptors (Lipinski definition) is 8. The van der Waals surface area contributed by atoms with Crippen LogP contribution in [0.5, 0.6) is 0 Å². The summed E-state index contributed by atoms with van der Waals surface area (Å²) in [6, 6.07) is 2.11. The van der Waals surface area contributed by atoms with Gasteiger partial charge >= 0.3 is 5.97 Å². The van der Waals surface area contributed by atoms with Crippen molar-refractivity contribution >= 4 is 61.2 Å². The van der Waals surface area contributed by atoms with Gasteiger partial charge in [-0.1, -0.05) is 11.6 Å². The highest BCUT2D eigenvalue weighted by Gasteiger charge is 2.44. The predicted molar refractivity (Wildman–Crippen MR) is 139 cm³/mol. The van der Waals surface area contributed by atoms with Crippen molar-refractivity contribution in [2.75, 3.05) is 18.5 Å². The molecule has 2 aromatic heterocycles. The molecule has 0 aromatic carbocycles. The van der Waals surface area contributed by atoms with Crippen LogP contribution in [0.15, 0.2) is 16.3 Å². The number of sulfonamides is 1. The topological polar surface area (TPSA) is 105 Å². The molecule has 2 aromatic rings. The molecule has 1 atom stereocenters. The Labute approximate surface area is 219 Å². The minimum atomic E-state index is -3.87. The third-order valence-electron chi connectivity index (χ3n) is 6.18. The summed E-state index contributed by atoms with van der Waals surface area (Å²) in [6.07, 6.45) is 1.55. The molecule has 1 unspecified atom stereocenters. The molecule has 0 spiro atoms. The van der Waals surface area contributed by atoms with Crippen molar-refractivity contribution in [3.05, 3.63) is 32.5 Å². The van der Waals surface area contributed by atoms with Gasteiger partial charge in [0.2, 0.25) is 5.91 Å². The lowest BCUT2D eigenvalue weighted by atomic mass is 9.81. The number of carbonyl (C=O) groups excluding carboxylic acids is 2. The summed E-state index contributed by atoms with van der Waals surface area (Å²) in [5, 5.41) is 6.90. The zero-order chi connectivity index (χ0) is 25.8. The van der Waals surface area contributed by atoms with Gasteiger partial charge in [-0.25, -0.2) is 13.2 Å². The van der Waals surface area contributed by atoms with Gasteiger partial charge in [0.1, 0.15) is 15.3 Å². The van der Waals surface area contributed by atoms with Gasteiger partial charge in [0.25, 0.3) is 10.0 Å². The zero-order valence-corrected chi connectivity index (χ0v) is 23.6. The average molecular weight is 560 g/mol. The minimum Gasteiger partial charge on any atom is -0.462 e. The van der Waals surface area contributed by atoms with Crippen LogP contribution in [-0.4, -0.2) is 49.3 Å². The van der Waals surface area contributed by atoms with Crippen LogP contribution in [0, 0.1) is 0 Å². The Hall–Kier alpha value is -1.50. The Morgan fingerprint density at radius 3 is 2.60 bits per heavy atom. The van der Waals surface area contributed by atoms with Crippen LogP contribution >= 0.6 is 34.3 Å². The quantitative estimate of drug-likeness (QED) is 0.502. The van der Waals surface area contributed by atoms with E-state index in [4.69, 9.17) is 16.3 Å². The van der Waals surface area contributed by atoms with Crippen molar-refractivity contribution in [2.45, 2.75) is 75.2 Å². The number of carbonyl (C=O) groups is 2. The molecule has 35 heavy (non-hydrogen) atoms. The summed E-state index contributed by atoms with van der Waals surface area (Å²) in [4.78, 5) is 27.4. The van der Waals surface area contributed by atoms with Crippen LogP contribution < -0.4 is 10.6 Å². The molecule has 1 saturated heterocycles. The van der Waals surface area contributed by atoms with Gasteiger partial charge in [0.05, 0.1) is 16.5 Å². The lowest BCUT2D eigenvalue weighted by Crippen LogP contribution is -2.55. The monoisotopic (exact) mass is 559 g/mol. The third kappa shape index (κ3) is 5.03. The van der Waals surface area contributed by atoms with Crippen molar-refractivity contribution in [3.8, 4) is 0 Å². The predicted octanol–water partition coefficient (Wildman–Crippen LogP) is 4.59. The summed E-state index contributed by atoms with van der Waals surface area (Å²) >= 11 is 8.26. The number of ether oxygens (including phenoxy) is 1. The third-order valence-corrected chi connectivity index (χ3v) is 11.3. The Bertz CT molecular complexity index is 1270. The van der Waals surface area contributed by atoms with Crippen LogP contribution in [0.2, 0.25) is 4.34 Å². The smallest absolute Gasteiger partial charge is 0.341 e. The van der Waals surface area contributed by atoms with Gasteiger partial charge in [-0.15, -0.1) is 22.7 Å². The van der Waals surface area contributed by atoms with Gasteiger partial charge in [0, 0.05) is 22.5 Å². The van der Waals surface area contributed by atoms with E-state index in [-0.39, 0.29) is 22.9 Å². The SMILES string of the molecule is CCOC(=O)c1c(NC(=O)C2CCCN2S(=O)(=O)c2ccc(Cl)s2)sc2c1CC(C)(C)NC2(C)C. The van der Waals surface area contributed by atoms with Gasteiger partial charge in [-0.3, -0.25) is 4.79 Å². The molecule has 12 heteroatoms. The number of nitrogens with one attached hydrogen (secondary N) is 2. The first kappa shape index (κ1) is 26.6. The number of fused-ring (bicyclic) bond motifs is 1. The molecular formula is C23H30ClN3O5S3. The molecular weight excluding hydrogens is 530 g/mol. The molecule has 4 heterocycles. The van der Waals surface area contributed by atoms with Crippen LogP contribution in [0.1, 0.15) is 68.3 Å². The highest BCUT2D eigenvalue weighted by molar-refractivity contribution is 7.91. The molecule has 192 valence electrons. The first-order valence-corrected chi connectivity index (χ1v) is 14.9. The Balaban J connectivity index is 1.69. The summed E-state index contributed by atoms with van der Waals surface area (Å²) in [5.41, 5.74) is 0.535. The second-order valence-corrected chi connectivity index (χ2v) is 14.8. The molecule has 1 amide bonds. The maximum absolute atomic E-state index is 13.4. The van der Waals surface area contributed by atoms with E-state index < -0.39 is 33.5 Å². The van der Waals surface area contributed by atoms with E-state index in [0.717, 1.165) is 21.8 Å². The van der Waals surface area contributed by atoms with Crippen LogP contribution in [0.3, 0.4) is 0 Å². The summed E-state index contributed by atoms with van der Waals surface area (Å²) in [7, 11) is -3.87. The van der Waals surface area contributed by atoms with E-state index in [0.29, 0.717) is 34.2 Å². The number of thiophene rings is 2. The first-order valence-electron chi connectivity index (χ1n) is 11.5. The second kappa shape index (κ2) is 9.42. The second-order valence-electron chi connectivity index (χ2n) is 9.97. The lowest BCUT2D eigenvalue weighted by Gasteiger charge is -2.42. The van der Waals surface area contributed by atoms with Gasteiger partial charge in [0.15, 0.2) is 0 Å². The molecule has 8 nitrogen and oxygen atoms in total. The van der Waals surface area contributed by atoms with E-state index in [9.17, 15) is 18.0 Å². The van der Waals surface area contributed by atoms with Crippen LogP contribution in [-0.2, 0) is 31.5 Å². The standard InChI is InChI=1S/C23H30ClN3O5S3/c1-6-32-21(29)17-13-12-22(2,3)26-23(4,5)18(13)34-20(17)25-19(28)14-8-7-11-27(14)35(30,31)16-10-9-15(24)33-16/h9-10,14,26H,6-8,11-12H2,1-5H3,(H,25,28). The Morgan fingerprint density at radius 1 is 1.26 bits per heavy atom. The van der Waals surface area contributed by atoms with Crippen molar-refractivity contribution in [2.24, 2.45) is 0 Å². The molecule has 0 radical (unpaired) electrons. The summed E-state index contributed by atoms with van der Waals surface area (Å²) < 4.78 is 33.5. The van der Waals surface area contributed by atoms with E-state index >= 15 is 0 Å². The fourth-order valence-electron chi connectivity index (χ4n) is 5.07. The van der Waals surface area contributed by atoms with Gasteiger partial charge in [-0.2, -0.15) is 4.31 Å². The van der Waals surface area contributed by atoms with Crippen molar-refractivity contribution < 1.29 is 22.7 Å². The Kier molecular flexibility index (Phi) is 7.15. The largest absolute Gasteiger partial charge is 0.462 e. The molecule has 0 bridgehead atoms. The number of hydrogen-bond donors (Lipinski definition) is 2.